The Labute approximate surface area is 168 Å². The van der Waals surface area contributed by atoms with Gasteiger partial charge in [-0.3, -0.25) is 4.79 Å². The van der Waals surface area contributed by atoms with Gasteiger partial charge in [-0.1, -0.05) is 61.2 Å². The van der Waals surface area contributed by atoms with Crippen LogP contribution < -0.4 is 0 Å². The van der Waals surface area contributed by atoms with Gasteiger partial charge in [0.2, 0.25) is 5.89 Å². The van der Waals surface area contributed by atoms with Gasteiger partial charge in [0.05, 0.1) is 5.41 Å². The maximum Gasteiger partial charge on any atom is 0.317 e. The number of esters is 1. The van der Waals surface area contributed by atoms with Crippen molar-refractivity contribution in [3.63, 3.8) is 0 Å². The van der Waals surface area contributed by atoms with E-state index in [0.717, 1.165) is 43.2 Å². The number of benzene rings is 2. The van der Waals surface area contributed by atoms with Crippen LogP contribution in [0.3, 0.4) is 0 Å². The molecule has 0 N–H and O–H groups in total. The first-order chi connectivity index (χ1) is 13.7. The second-order valence-electron chi connectivity index (χ2n) is 7.10. The highest BCUT2D eigenvalue weighted by Gasteiger charge is 2.42. The molecule has 0 amide bonds. The number of hydrogen-bond donors (Lipinski definition) is 0. The summed E-state index contributed by atoms with van der Waals surface area (Å²) in [6.07, 6.45) is 4.61. The first-order valence-corrected chi connectivity index (χ1v) is 9.86. The van der Waals surface area contributed by atoms with Crippen LogP contribution in [-0.4, -0.2) is 16.2 Å². The maximum absolute atomic E-state index is 13.1. The lowest BCUT2D eigenvalue weighted by Crippen LogP contribution is -2.39. The molecule has 144 valence electrons. The van der Waals surface area contributed by atoms with Crippen molar-refractivity contribution >= 4 is 17.6 Å². The number of carbonyl (C=O) groups excluding carboxylic acids is 1. The molecule has 5 nitrogen and oxygen atoms in total. The first-order valence-electron chi connectivity index (χ1n) is 9.48. The maximum atomic E-state index is 13.1. The average molecular weight is 397 g/mol. The number of ether oxygens (including phenoxy) is 1. The van der Waals surface area contributed by atoms with E-state index in [0.29, 0.717) is 10.9 Å². The highest BCUT2D eigenvalue weighted by atomic mass is 35.5. The highest BCUT2D eigenvalue weighted by molar-refractivity contribution is 6.30. The zero-order valence-corrected chi connectivity index (χ0v) is 16.2. The van der Waals surface area contributed by atoms with E-state index in [1.54, 1.807) is 0 Å². The molecule has 2 aromatic carbocycles. The zero-order chi connectivity index (χ0) is 19.4. The van der Waals surface area contributed by atoms with E-state index in [2.05, 4.69) is 10.2 Å². The fraction of sp³-hybridized carbons (Fsp3) is 0.318. The predicted molar refractivity (Wildman–Crippen MR) is 106 cm³/mol. The van der Waals surface area contributed by atoms with E-state index in [4.69, 9.17) is 20.8 Å². The molecule has 0 bridgehead atoms. The molecule has 0 spiro atoms. The molecule has 0 saturated heterocycles. The smallest absolute Gasteiger partial charge is 0.317 e. The fourth-order valence-corrected chi connectivity index (χ4v) is 4.02. The third-order valence-corrected chi connectivity index (χ3v) is 5.52. The van der Waals surface area contributed by atoms with Gasteiger partial charge in [0, 0.05) is 10.6 Å². The molecule has 3 aromatic rings. The molecule has 0 aliphatic heterocycles. The van der Waals surface area contributed by atoms with Crippen molar-refractivity contribution in [1.29, 1.82) is 0 Å². The molecular formula is C22H21ClN2O3. The van der Waals surface area contributed by atoms with Crippen molar-refractivity contribution in [1.82, 2.24) is 10.2 Å². The first kappa shape index (κ1) is 18.7. The van der Waals surface area contributed by atoms with Gasteiger partial charge in [0.1, 0.15) is 0 Å². The summed E-state index contributed by atoms with van der Waals surface area (Å²) in [4.78, 5) is 13.1. The van der Waals surface area contributed by atoms with Crippen molar-refractivity contribution in [3.05, 3.63) is 71.1 Å². The zero-order valence-electron chi connectivity index (χ0n) is 15.4. The van der Waals surface area contributed by atoms with E-state index >= 15 is 0 Å². The lowest BCUT2D eigenvalue weighted by molar-refractivity contribution is -0.154. The Morgan fingerprint density at radius 3 is 2.57 bits per heavy atom. The van der Waals surface area contributed by atoms with Crippen LogP contribution in [0.2, 0.25) is 5.02 Å². The van der Waals surface area contributed by atoms with Crippen molar-refractivity contribution in [2.24, 2.45) is 0 Å². The summed E-state index contributed by atoms with van der Waals surface area (Å²) in [5.41, 5.74) is 1.08. The number of aromatic nitrogens is 2. The summed E-state index contributed by atoms with van der Waals surface area (Å²) >= 11 is 6.18. The van der Waals surface area contributed by atoms with Gasteiger partial charge in [-0.05, 0) is 42.7 Å². The van der Waals surface area contributed by atoms with Gasteiger partial charge in [-0.2, -0.15) is 0 Å². The molecule has 0 unspecified atom stereocenters. The Hall–Kier alpha value is -2.66. The van der Waals surface area contributed by atoms with E-state index in [-0.39, 0.29) is 18.5 Å². The van der Waals surface area contributed by atoms with E-state index in [1.165, 1.54) is 0 Å². The molecule has 1 aromatic heterocycles. The molecule has 6 heteroatoms. The van der Waals surface area contributed by atoms with Crippen LogP contribution in [0.5, 0.6) is 0 Å². The van der Waals surface area contributed by atoms with Gasteiger partial charge < -0.3 is 9.15 Å². The number of hydrogen-bond acceptors (Lipinski definition) is 5. The second-order valence-corrected chi connectivity index (χ2v) is 7.53. The monoisotopic (exact) mass is 396 g/mol. The molecule has 1 aliphatic carbocycles. The molecule has 1 heterocycles. The standard InChI is InChI=1S/C22H21ClN2O3/c23-18-11-7-10-17(14-18)22(12-5-2-6-13-22)21(26)27-15-19-24-25-20(28-19)16-8-3-1-4-9-16/h1,3-4,7-11,14H,2,5-6,12-13,15H2. The molecule has 0 atom stereocenters. The van der Waals surface area contributed by atoms with Crippen LogP contribution in [0, 0.1) is 0 Å². The quantitative estimate of drug-likeness (QED) is 0.545. The Morgan fingerprint density at radius 2 is 1.82 bits per heavy atom. The third-order valence-electron chi connectivity index (χ3n) is 5.29. The summed E-state index contributed by atoms with van der Waals surface area (Å²) in [5, 5.41) is 8.67. The predicted octanol–water partition coefficient (Wildman–Crippen LogP) is 5.34. The number of nitrogens with zero attached hydrogens (tertiary/aromatic N) is 2. The van der Waals surface area contributed by atoms with Gasteiger partial charge in [-0.25, -0.2) is 0 Å². The minimum absolute atomic E-state index is 0.0407. The average Bonchev–Trinajstić information content (AvgIpc) is 3.22. The summed E-state index contributed by atoms with van der Waals surface area (Å²) in [7, 11) is 0. The van der Waals surface area contributed by atoms with E-state index in [1.807, 2.05) is 54.6 Å². The molecule has 1 aliphatic rings. The van der Waals surface area contributed by atoms with Crippen LogP contribution >= 0.6 is 11.6 Å². The molecule has 28 heavy (non-hydrogen) atoms. The highest BCUT2D eigenvalue weighted by Crippen LogP contribution is 2.41. The van der Waals surface area contributed by atoms with E-state index in [9.17, 15) is 4.79 Å². The van der Waals surface area contributed by atoms with Crippen LogP contribution in [0.4, 0.5) is 0 Å². The van der Waals surface area contributed by atoms with Gasteiger partial charge in [-0.15, -0.1) is 10.2 Å². The largest absolute Gasteiger partial charge is 0.455 e. The van der Waals surface area contributed by atoms with Gasteiger partial charge in [0.15, 0.2) is 6.61 Å². The summed E-state index contributed by atoms with van der Waals surface area (Å²) in [6.45, 7) is -0.0407. The van der Waals surface area contributed by atoms with Crippen molar-refractivity contribution < 1.29 is 13.9 Å². The Bertz CT molecular complexity index is 949. The topological polar surface area (TPSA) is 65.2 Å². The van der Waals surface area contributed by atoms with Crippen LogP contribution in [0.15, 0.2) is 59.0 Å². The molecular weight excluding hydrogens is 376 g/mol. The van der Waals surface area contributed by atoms with Gasteiger partial charge in [0.25, 0.3) is 5.89 Å². The minimum Gasteiger partial charge on any atom is -0.455 e. The fourth-order valence-electron chi connectivity index (χ4n) is 3.83. The van der Waals surface area contributed by atoms with Crippen LogP contribution in [0.1, 0.15) is 43.6 Å². The molecule has 4 rings (SSSR count). The normalized spacial score (nSPS) is 15.9. The van der Waals surface area contributed by atoms with Crippen molar-refractivity contribution in [2.75, 3.05) is 0 Å². The number of halogens is 1. The molecule has 1 fully saturated rings. The summed E-state index contributed by atoms with van der Waals surface area (Å²) < 4.78 is 11.3. The molecule has 0 radical (unpaired) electrons. The number of carbonyl (C=O) groups is 1. The summed E-state index contributed by atoms with van der Waals surface area (Å²) in [6, 6.07) is 17.0. The van der Waals surface area contributed by atoms with Crippen LogP contribution in [0.25, 0.3) is 11.5 Å². The lowest BCUT2D eigenvalue weighted by Gasteiger charge is -2.35. The Balaban J connectivity index is 1.50. The lowest BCUT2D eigenvalue weighted by atomic mass is 9.69. The SMILES string of the molecule is O=C(OCc1nnc(-c2ccccc2)o1)C1(c2cccc(Cl)c2)CCCCC1. The van der Waals surface area contributed by atoms with Crippen LogP contribution in [-0.2, 0) is 21.6 Å². The van der Waals surface area contributed by atoms with Gasteiger partial charge >= 0.3 is 5.97 Å². The Kier molecular flexibility index (Phi) is 5.44. The minimum atomic E-state index is -0.661. The van der Waals surface area contributed by atoms with E-state index < -0.39 is 5.41 Å². The Morgan fingerprint density at radius 1 is 1.04 bits per heavy atom. The van der Waals surface area contributed by atoms with Crippen molar-refractivity contribution in [2.45, 2.75) is 44.1 Å². The van der Waals surface area contributed by atoms with Crippen molar-refractivity contribution in [3.8, 4) is 11.5 Å². The number of rotatable bonds is 5. The third kappa shape index (κ3) is 3.80. The second kappa shape index (κ2) is 8.15. The summed E-state index contributed by atoms with van der Waals surface area (Å²) in [5.74, 6) is 0.437. The molecule has 1 saturated carbocycles.